The Morgan fingerprint density at radius 3 is 2.45 bits per heavy atom. The molecular weight excluding hydrogens is 404 g/mol. The highest BCUT2D eigenvalue weighted by Crippen LogP contribution is 2.33. The molecular formula is C19H21F2N3O4S. The minimum atomic E-state index is -3.74. The first-order valence-corrected chi connectivity index (χ1v) is 10.9. The smallest absolute Gasteiger partial charge is 0.310 e. The van der Waals surface area contributed by atoms with Crippen molar-refractivity contribution < 1.29 is 22.1 Å². The summed E-state index contributed by atoms with van der Waals surface area (Å²) in [6, 6.07) is 7.97. The molecule has 10 heteroatoms. The number of nitro benzene ring substituents is 1. The van der Waals surface area contributed by atoms with Crippen LogP contribution in [0.5, 0.6) is 0 Å². The molecule has 1 heterocycles. The van der Waals surface area contributed by atoms with Gasteiger partial charge in [-0.2, -0.15) is 0 Å². The number of halogens is 2. The fourth-order valence-electron chi connectivity index (χ4n) is 3.48. The van der Waals surface area contributed by atoms with Crippen LogP contribution in [-0.2, 0) is 16.4 Å². The van der Waals surface area contributed by atoms with Crippen LogP contribution in [0.4, 0.5) is 20.2 Å². The number of nitrogens with one attached hydrogen (secondary N) is 1. The van der Waals surface area contributed by atoms with Gasteiger partial charge in [0.2, 0.25) is 0 Å². The van der Waals surface area contributed by atoms with Crippen molar-refractivity contribution >= 4 is 21.2 Å². The number of para-hydroxylation sites is 1. The Bertz CT molecular complexity index is 1020. The first-order chi connectivity index (χ1) is 13.6. The van der Waals surface area contributed by atoms with E-state index in [4.69, 9.17) is 0 Å². The summed E-state index contributed by atoms with van der Waals surface area (Å²) in [4.78, 5) is 12.6. The van der Waals surface area contributed by atoms with E-state index in [2.05, 4.69) is 10.2 Å². The number of sulfone groups is 1. The van der Waals surface area contributed by atoms with Gasteiger partial charge in [-0.1, -0.05) is 12.1 Å². The maximum atomic E-state index is 13.4. The largest absolute Gasteiger partial charge is 0.377 e. The molecule has 29 heavy (non-hydrogen) atoms. The summed E-state index contributed by atoms with van der Waals surface area (Å²) in [5.41, 5.74) is 0.406. The van der Waals surface area contributed by atoms with E-state index in [1.807, 2.05) is 0 Å². The van der Waals surface area contributed by atoms with Gasteiger partial charge in [0, 0.05) is 31.9 Å². The number of hydrogen-bond donors (Lipinski definition) is 1. The predicted octanol–water partition coefficient (Wildman–Crippen LogP) is 3.35. The molecule has 1 N–H and O–H groups in total. The Kier molecular flexibility index (Phi) is 6.13. The van der Waals surface area contributed by atoms with Crippen molar-refractivity contribution in [1.29, 1.82) is 0 Å². The molecule has 0 unspecified atom stereocenters. The summed E-state index contributed by atoms with van der Waals surface area (Å²) >= 11 is 0. The van der Waals surface area contributed by atoms with Crippen LogP contribution in [0, 0.1) is 21.7 Å². The molecule has 0 radical (unpaired) electrons. The highest BCUT2D eigenvalue weighted by Gasteiger charge is 2.28. The number of hydrogen-bond acceptors (Lipinski definition) is 6. The van der Waals surface area contributed by atoms with E-state index in [0.29, 0.717) is 38.0 Å². The van der Waals surface area contributed by atoms with Gasteiger partial charge in [-0.15, -0.1) is 0 Å². The Morgan fingerprint density at radius 2 is 1.86 bits per heavy atom. The SMILES string of the molecule is CS(=O)(=O)c1cccc(NC2CCN(Cc3ccc(F)c(F)c3)CC2)c1[N+](=O)[O-]. The van der Waals surface area contributed by atoms with Crippen molar-refractivity contribution in [2.24, 2.45) is 0 Å². The molecule has 2 aromatic rings. The number of anilines is 1. The second kappa shape index (κ2) is 8.42. The Hall–Kier alpha value is -2.59. The van der Waals surface area contributed by atoms with Gasteiger partial charge in [-0.05, 0) is 42.7 Å². The zero-order valence-corrected chi connectivity index (χ0v) is 16.6. The molecule has 0 atom stereocenters. The molecule has 1 saturated heterocycles. The highest BCUT2D eigenvalue weighted by molar-refractivity contribution is 7.90. The van der Waals surface area contributed by atoms with Crippen LogP contribution < -0.4 is 5.32 Å². The van der Waals surface area contributed by atoms with Crippen molar-refractivity contribution in [2.45, 2.75) is 30.3 Å². The summed E-state index contributed by atoms with van der Waals surface area (Å²) in [6.07, 6.45) is 2.28. The van der Waals surface area contributed by atoms with E-state index in [1.165, 1.54) is 24.3 Å². The zero-order valence-electron chi connectivity index (χ0n) is 15.8. The molecule has 7 nitrogen and oxygen atoms in total. The second-order valence-electron chi connectivity index (χ2n) is 7.12. The number of rotatable bonds is 6. The third-order valence-electron chi connectivity index (χ3n) is 4.92. The molecule has 1 aliphatic heterocycles. The topological polar surface area (TPSA) is 92.6 Å². The van der Waals surface area contributed by atoms with Crippen LogP contribution >= 0.6 is 0 Å². The lowest BCUT2D eigenvalue weighted by Crippen LogP contribution is -2.38. The highest BCUT2D eigenvalue weighted by atomic mass is 32.2. The Labute approximate surface area is 167 Å². The van der Waals surface area contributed by atoms with Gasteiger partial charge in [-0.25, -0.2) is 17.2 Å². The third kappa shape index (κ3) is 5.07. The summed E-state index contributed by atoms with van der Waals surface area (Å²) in [7, 11) is -3.74. The van der Waals surface area contributed by atoms with Gasteiger partial charge in [0.1, 0.15) is 10.6 Å². The molecule has 156 valence electrons. The van der Waals surface area contributed by atoms with Crippen LogP contribution in [-0.4, -0.2) is 43.6 Å². The summed E-state index contributed by atoms with van der Waals surface area (Å²) in [6.45, 7) is 1.81. The van der Waals surface area contributed by atoms with Crippen LogP contribution in [0.1, 0.15) is 18.4 Å². The molecule has 0 bridgehead atoms. The Morgan fingerprint density at radius 1 is 1.17 bits per heavy atom. The molecule has 1 fully saturated rings. The molecule has 2 aromatic carbocycles. The fraction of sp³-hybridized carbons (Fsp3) is 0.368. The van der Waals surface area contributed by atoms with E-state index >= 15 is 0 Å². The maximum absolute atomic E-state index is 13.4. The molecule has 3 rings (SSSR count). The van der Waals surface area contributed by atoms with Crippen LogP contribution in [0.15, 0.2) is 41.3 Å². The van der Waals surface area contributed by atoms with Crippen molar-refractivity contribution in [3.63, 3.8) is 0 Å². The lowest BCUT2D eigenvalue weighted by atomic mass is 10.0. The summed E-state index contributed by atoms with van der Waals surface area (Å²) in [5, 5.41) is 14.6. The van der Waals surface area contributed by atoms with Crippen molar-refractivity contribution in [2.75, 3.05) is 24.7 Å². The molecule has 1 aliphatic rings. The predicted molar refractivity (Wildman–Crippen MR) is 104 cm³/mol. The fourth-order valence-corrected chi connectivity index (χ4v) is 4.34. The number of nitro groups is 1. The molecule has 0 spiro atoms. The van der Waals surface area contributed by atoms with Crippen molar-refractivity contribution in [1.82, 2.24) is 4.90 Å². The second-order valence-corrected chi connectivity index (χ2v) is 9.11. The van der Waals surface area contributed by atoms with E-state index in [9.17, 15) is 27.3 Å². The van der Waals surface area contributed by atoms with Crippen LogP contribution in [0.2, 0.25) is 0 Å². The van der Waals surface area contributed by atoms with Gasteiger partial charge in [-0.3, -0.25) is 15.0 Å². The first kappa shape index (κ1) is 21.1. The first-order valence-electron chi connectivity index (χ1n) is 9.05. The number of benzene rings is 2. The lowest BCUT2D eigenvalue weighted by molar-refractivity contribution is -0.386. The molecule has 0 aliphatic carbocycles. The normalized spacial score (nSPS) is 16.0. The summed E-state index contributed by atoms with van der Waals surface area (Å²) < 4.78 is 50.2. The van der Waals surface area contributed by atoms with E-state index in [0.717, 1.165) is 12.3 Å². The van der Waals surface area contributed by atoms with Gasteiger partial charge in [0.25, 0.3) is 0 Å². The van der Waals surface area contributed by atoms with Gasteiger partial charge >= 0.3 is 5.69 Å². The zero-order chi connectivity index (χ0) is 21.2. The monoisotopic (exact) mass is 425 g/mol. The van der Waals surface area contributed by atoms with Gasteiger partial charge < -0.3 is 5.32 Å². The van der Waals surface area contributed by atoms with E-state index < -0.39 is 32.1 Å². The lowest BCUT2D eigenvalue weighted by Gasteiger charge is -2.32. The van der Waals surface area contributed by atoms with Crippen LogP contribution in [0.3, 0.4) is 0 Å². The average Bonchev–Trinajstić information content (AvgIpc) is 2.65. The van der Waals surface area contributed by atoms with Crippen LogP contribution in [0.25, 0.3) is 0 Å². The van der Waals surface area contributed by atoms with Crippen molar-refractivity contribution in [3.8, 4) is 0 Å². The van der Waals surface area contributed by atoms with Crippen molar-refractivity contribution in [3.05, 3.63) is 63.7 Å². The third-order valence-corrected chi connectivity index (χ3v) is 6.05. The minimum absolute atomic E-state index is 0.0651. The number of piperidine rings is 1. The minimum Gasteiger partial charge on any atom is -0.377 e. The summed E-state index contributed by atoms with van der Waals surface area (Å²) in [5.74, 6) is -1.76. The van der Waals surface area contributed by atoms with Gasteiger partial charge in [0.15, 0.2) is 21.5 Å². The number of nitrogens with zero attached hydrogens (tertiary/aromatic N) is 2. The molecule has 0 amide bonds. The standard InChI is InChI=1S/C19H21F2N3O4S/c1-29(27,28)18-4-2-3-17(19(18)24(25)26)22-14-7-9-23(10-8-14)12-13-5-6-15(20)16(21)11-13/h2-6,11,14,22H,7-10,12H2,1H3. The molecule has 0 aromatic heterocycles. The number of likely N-dealkylation sites (tertiary alicyclic amines) is 1. The average molecular weight is 425 g/mol. The van der Waals surface area contributed by atoms with E-state index in [1.54, 1.807) is 6.07 Å². The maximum Gasteiger partial charge on any atom is 0.310 e. The van der Waals surface area contributed by atoms with Gasteiger partial charge in [0.05, 0.1) is 4.92 Å². The molecule has 0 saturated carbocycles. The van der Waals surface area contributed by atoms with E-state index in [-0.39, 0.29) is 16.6 Å². The quantitative estimate of drug-likeness (QED) is 0.564. The Balaban J connectivity index is 1.66.